The van der Waals surface area contributed by atoms with Crippen LogP contribution >= 0.6 is 0 Å². The fourth-order valence-corrected chi connectivity index (χ4v) is 3.97. The van der Waals surface area contributed by atoms with Crippen LogP contribution in [0.2, 0.25) is 0 Å². The molecule has 0 aromatic heterocycles. The summed E-state index contributed by atoms with van der Waals surface area (Å²) in [7, 11) is 0. The van der Waals surface area contributed by atoms with Gasteiger partial charge in [-0.25, -0.2) is 4.79 Å². The van der Waals surface area contributed by atoms with E-state index in [1.54, 1.807) is 0 Å². The quantitative estimate of drug-likeness (QED) is 0.395. The van der Waals surface area contributed by atoms with Crippen molar-refractivity contribution in [1.82, 2.24) is 0 Å². The van der Waals surface area contributed by atoms with Crippen molar-refractivity contribution >= 4 is 6.08 Å². The van der Waals surface area contributed by atoms with Crippen LogP contribution in [-0.2, 0) is 4.79 Å². The fourth-order valence-electron chi connectivity index (χ4n) is 3.97. The first-order chi connectivity index (χ1) is 7.58. The van der Waals surface area contributed by atoms with E-state index in [9.17, 15) is 4.79 Å². The van der Waals surface area contributed by atoms with E-state index in [1.807, 2.05) is 6.08 Å². The third-order valence-corrected chi connectivity index (χ3v) is 4.45. The molecule has 90 valence electrons. The van der Waals surface area contributed by atoms with Gasteiger partial charge < -0.3 is 0 Å². The zero-order valence-corrected chi connectivity index (χ0v) is 10.6. The molecule has 2 heteroatoms. The monoisotopic (exact) mass is 221 g/mol. The Morgan fingerprint density at radius 2 is 1.62 bits per heavy atom. The highest BCUT2D eigenvalue weighted by Gasteiger charge is 2.53. The Morgan fingerprint density at radius 3 is 2.06 bits per heavy atom. The van der Waals surface area contributed by atoms with Crippen LogP contribution in [0, 0.1) is 11.3 Å². The predicted molar refractivity (Wildman–Crippen MR) is 65.1 cm³/mol. The van der Waals surface area contributed by atoms with E-state index in [0.29, 0.717) is 11.3 Å². The van der Waals surface area contributed by atoms with Crippen molar-refractivity contribution in [3.8, 4) is 0 Å². The molecule has 2 fully saturated rings. The summed E-state index contributed by atoms with van der Waals surface area (Å²) in [6.45, 7) is 4.56. The van der Waals surface area contributed by atoms with Gasteiger partial charge in [-0.05, 0) is 37.0 Å². The molecule has 0 saturated heterocycles. The largest absolute Gasteiger partial charge is 0.235 e. The van der Waals surface area contributed by atoms with Crippen LogP contribution in [0.3, 0.4) is 0 Å². The van der Waals surface area contributed by atoms with Gasteiger partial charge in [-0.3, -0.25) is 0 Å². The predicted octanol–water partition coefficient (Wildman–Crippen LogP) is 3.85. The van der Waals surface area contributed by atoms with E-state index < -0.39 is 0 Å². The van der Waals surface area contributed by atoms with Gasteiger partial charge in [-0.15, -0.1) is 0 Å². The molecular weight excluding hydrogens is 198 g/mol. The summed E-state index contributed by atoms with van der Waals surface area (Å²) in [5, 5.41) is 0. The van der Waals surface area contributed by atoms with Crippen molar-refractivity contribution in [3.63, 3.8) is 0 Å². The smallest absolute Gasteiger partial charge is 0.211 e. The van der Waals surface area contributed by atoms with E-state index >= 15 is 0 Å². The normalized spacial score (nSPS) is 28.6. The molecule has 2 nitrogen and oxygen atoms in total. The minimum Gasteiger partial charge on any atom is -0.211 e. The van der Waals surface area contributed by atoms with Gasteiger partial charge in [0, 0.05) is 0 Å². The molecule has 0 aliphatic heterocycles. The lowest BCUT2D eigenvalue weighted by molar-refractivity contribution is 0.0128. The summed E-state index contributed by atoms with van der Waals surface area (Å²) in [5.74, 6) is 0.643. The van der Waals surface area contributed by atoms with Crippen molar-refractivity contribution in [2.24, 2.45) is 16.3 Å². The van der Waals surface area contributed by atoms with Gasteiger partial charge >= 0.3 is 0 Å². The van der Waals surface area contributed by atoms with Gasteiger partial charge in [0.05, 0.1) is 5.54 Å². The molecule has 0 heterocycles. The van der Waals surface area contributed by atoms with Crippen molar-refractivity contribution in [2.45, 2.75) is 70.8 Å². The first-order valence-corrected chi connectivity index (χ1v) is 6.67. The van der Waals surface area contributed by atoms with Crippen LogP contribution in [0.5, 0.6) is 0 Å². The summed E-state index contributed by atoms with van der Waals surface area (Å²) in [5.41, 5.74) is 0.349. The summed E-state index contributed by atoms with van der Waals surface area (Å²) in [6.07, 6.45) is 11.9. The van der Waals surface area contributed by atoms with Gasteiger partial charge in [-0.2, -0.15) is 4.99 Å². The van der Waals surface area contributed by atoms with Crippen LogP contribution in [0.4, 0.5) is 0 Å². The van der Waals surface area contributed by atoms with Crippen LogP contribution < -0.4 is 0 Å². The molecule has 0 N–H and O–H groups in total. The molecule has 2 aliphatic carbocycles. The fraction of sp³-hybridized carbons (Fsp3) is 0.929. The molecule has 2 aliphatic rings. The second kappa shape index (κ2) is 4.33. The lowest BCUT2D eigenvalue weighted by Crippen LogP contribution is -2.52. The van der Waals surface area contributed by atoms with Crippen LogP contribution in [0.15, 0.2) is 4.99 Å². The lowest BCUT2D eigenvalue weighted by Gasteiger charge is -2.53. The van der Waals surface area contributed by atoms with Gasteiger partial charge in [-0.1, -0.05) is 39.5 Å². The van der Waals surface area contributed by atoms with E-state index in [2.05, 4.69) is 18.8 Å². The molecule has 2 rings (SSSR count). The maximum Gasteiger partial charge on any atom is 0.235 e. The van der Waals surface area contributed by atoms with Crippen LogP contribution in [0.1, 0.15) is 65.2 Å². The molecule has 0 atom stereocenters. The number of nitrogens with zero attached hydrogens (tertiary/aromatic N) is 1. The maximum atomic E-state index is 10.7. The molecule has 0 unspecified atom stereocenters. The minimum absolute atomic E-state index is 0.0322. The Balaban J connectivity index is 2.10. The highest BCUT2D eigenvalue weighted by molar-refractivity contribution is 5.36. The number of rotatable bonds is 2. The summed E-state index contributed by atoms with van der Waals surface area (Å²) < 4.78 is 0. The SMILES string of the molecule is CC1(C)CC(N=C=O)(C2CCCCCC2)C1. The minimum atomic E-state index is -0.0322. The Kier molecular flexibility index (Phi) is 3.21. The van der Waals surface area contributed by atoms with E-state index in [-0.39, 0.29) is 5.54 Å². The number of isocyanates is 1. The zero-order chi connectivity index (χ0) is 11.6. The van der Waals surface area contributed by atoms with Crippen LogP contribution in [-0.4, -0.2) is 11.6 Å². The van der Waals surface area contributed by atoms with Gasteiger partial charge in [0.1, 0.15) is 0 Å². The third-order valence-electron chi connectivity index (χ3n) is 4.45. The highest BCUT2D eigenvalue weighted by atomic mass is 16.1. The average molecular weight is 221 g/mol. The molecule has 2 saturated carbocycles. The molecule has 0 bridgehead atoms. The molecule has 16 heavy (non-hydrogen) atoms. The lowest BCUT2D eigenvalue weighted by atomic mass is 9.54. The van der Waals surface area contributed by atoms with Crippen LogP contribution in [0.25, 0.3) is 0 Å². The molecule has 0 aromatic rings. The van der Waals surface area contributed by atoms with Gasteiger partial charge in [0.2, 0.25) is 6.08 Å². The average Bonchev–Trinajstić information content (AvgIpc) is 2.42. The number of carbonyl (C=O) groups excluding carboxylic acids is 1. The van der Waals surface area contributed by atoms with Crippen molar-refractivity contribution in [1.29, 1.82) is 0 Å². The zero-order valence-electron chi connectivity index (χ0n) is 10.6. The van der Waals surface area contributed by atoms with Crippen molar-refractivity contribution < 1.29 is 4.79 Å². The van der Waals surface area contributed by atoms with E-state index in [0.717, 1.165) is 12.8 Å². The molecule has 0 radical (unpaired) electrons. The topological polar surface area (TPSA) is 29.4 Å². The molecule has 0 aromatic carbocycles. The van der Waals surface area contributed by atoms with Gasteiger partial charge in [0.15, 0.2) is 0 Å². The Morgan fingerprint density at radius 1 is 1.06 bits per heavy atom. The summed E-state index contributed by atoms with van der Waals surface area (Å²) in [4.78, 5) is 14.9. The maximum absolute atomic E-state index is 10.7. The van der Waals surface area contributed by atoms with E-state index in [1.165, 1.54) is 38.5 Å². The third kappa shape index (κ3) is 2.22. The summed E-state index contributed by atoms with van der Waals surface area (Å²) >= 11 is 0. The molecule has 0 spiro atoms. The number of hydrogen-bond acceptors (Lipinski definition) is 2. The Bertz CT molecular complexity index is 286. The Hall–Kier alpha value is -0.620. The first-order valence-electron chi connectivity index (χ1n) is 6.67. The summed E-state index contributed by atoms with van der Waals surface area (Å²) in [6, 6.07) is 0. The number of aliphatic imine (C=N–C) groups is 1. The molecular formula is C14H23NO. The van der Waals surface area contributed by atoms with E-state index in [4.69, 9.17) is 0 Å². The standard InChI is InChI=1S/C14H23NO/c1-13(2)9-14(10-13,15-11-16)12-7-5-3-4-6-8-12/h12H,3-10H2,1-2H3. The second-order valence-corrected chi connectivity index (χ2v) is 6.51. The molecule has 0 amide bonds. The Labute approximate surface area is 98.5 Å². The highest BCUT2D eigenvalue weighted by Crippen LogP contribution is 2.56. The number of hydrogen-bond donors (Lipinski definition) is 0. The second-order valence-electron chi connectivity index (χ2n) is 6.51. The van der Waals surface area contributed by atoms with Crippen molar-refractivity contribution in [3.05, 3.63) is 0 Å². The van der Waals surface area contributed by atoms with Crippen molar-refractivity contribution in [2.75, 3.05) is 0 Å². The van der Waals surface area contributed by atoms with Gasteiger partial charge in [0.25, 0.3) is 0 Å². The first kappa shape index (κ1) is 11.9.